The van der Waals surface area contributed by atoms with E-state index >= 15 is 0 Å². The van der Waals surface area contributed by atoms with Gasteiger partial charge in [0, 0.05) is 21.8 Å². The average molecular weight is 441 g/mol. The Balaban J connectivity index is 1.92. The highest BCUT2D eigenvalue weighted by Crippen LogP contribution is 2.38. The minimum atomic E-state index is 0.285. The minimum Gasteiger partial charge on any atom is -0.495 e. The first-order valence-electron chi connectivity index (χ1n) is 7.93. The zero-order valence-corrected chi connectivity index (χ0v) is 17.2. The molecule has 0 atom stereocenters. The number of nitrogens with zero attached hydrogens (tertiary/aromatic N) is 2. The van der Waals surface area contributed by atoms with Crippen molar-refractivity contribution in [3.8, 4) is 11.5 Å². The van der Waals surface area contributed by atoms with Gasteiger partial charge in [-0.3, -0.25) is 0 Å². The summed E-state index contributed by atoms with van der Waals surface area (Å²) in [6, 6.07) is 8.35. The zero-order valence-electron chi connectivity index (χ0n) is 14.9. The number of anilines is 5. The molecule has 10 heteroatoms. The smallest absolute Gasteiger partial charge is 0.159 e. The van der Waals surface area contributed by atoms with Gasteiger partial charge in [0.25, 0.3) is 0 Å². The molecule has 0 aliphatic rings. The van der Waals surface area contributed by atoms with Crippen molar-refractivity contribution in [2.24, 2.45) is 0 Å². The molecule has 0 amide bonds. The van der Waals surface area contributed by atoms with Crippen LogP contribution in [-0.4, -0.2) is 24.2 Å². The number of halogens is 3. The molecule has 0 saturated carbocycles. The maximum atomic E-state index is 6.23. The van der Waals surface area contributed by atoms with Crippen LogP contribution < -0.4 is 25.8 Å². The largest absolute Gasteiger partial charge is 0.495 e. The third-order valence-electron chi connectivity index (χ3n) is 3.74. The Hall–Kier alpha value is -2.61. The van der Waals surface area contributed by atoms with Gasteiger partial charge >= 0.3 is 0 Å². The monoisotopic (exact) mass is 439 g/mol. The van der Waals surface area contributed by atoms with Gasteiger partial charge < -0.3 is 25.8 Å². The number of rotatable bonds is 6. The van der Waals surface area contributed by atoms with Crippen LogP contribution in [0.2, 0.25) is 15.1 Å². The van der Waals surface area contributed by atoms with Crippen molar-refractivity contribution in [2.75, 3.05) is 30.6 Å². The molecule has 3 rings (SSSR count). The maximum absolute atomic E-state index is 6.23. The van der Waals surface area contributed by atoms with Gasteiger partial charge in [-0.2, -0.15) is 0 Å². The summed E-state index contributed by atoms with van der Waals surface area (Å²) in [4.78, 5) is 8.36. The molecule has 28 heavy (non-hydrogen) atoms. The fourth-order valence-electron chi connectivity index (χ4n) is 2.44. The SMILES string of the molecule is COc1cc(OC)c(Nc2ncnc(Nc3cc(Cl)cc(Cl)c3)c2N)cc1Cl. The van der Waals surface area contributed by atoms with E-state index in [1.807, 2.05) is 0 Å². The topological polar surface area (TPSA) is 94.3 Å². The molecule has 0 fully saturated rings. The van der Waals surface area contributed by atoms with Crippen LogP contribution in [0.5, 0.6) is 11.5 Å². The Morgan fingerprint density at radius 3 is 2.04 bits per heavy atom. The predicted molar refractivity (Wildman–Crippen MR) is 114 cm³/mol. The standard InChI is InChI=1S/C18H16Cl3N5O2/c1-27-14-7-15(28-2)13(6-12(14)21)26-18-16(22)17(23-8-24-18)25-11-4-9(19)3-10(20)5-11/h3-8H,22H2,1-2H3,(H2,23,24,25,26). The van der Waals surface area contributed by atoms with Crippen LogP contribution in [0.3, 0.4) is 0 Å². The lowest BCUT2D eigenvalue weighted by atomic mass is 10.2. The van der Waals surface area contributed by atoms with Gasteiger partial charge in [0.15, 0.2) is 11.6 Å². The number of benzene rings is 2. The first-order valence-corrected chi connectivity index (χ1v) is 9.06. The molecule has 0 aliphatic heterocycles. The van der Waals surface area contributed by atoms with Gasteiger partial charge in [-0.15, -0.1) is 0 Å². The lowest BCUT2D eigenvalue weighted by Gasteiger charge is -2.16. The van der Waals surface area contributed by atoms with Crippen molar-refractivity contribution in [2.45, 2.75) is 0 Å². The summed E-state index contributed by atoms with van der Waals surface area (Å²) in [5, 5.41) is 7.55. The van der Waals surface area contributed by atoms with Crippen molar-refractivity contribution in [3.05, 3.63) is 51.7 Å². The average Bonchev–Trinajstić information content (AvgIpc) is 2.64. The van der Waals surface area contributed by atoms with Gasteiger partial charge in [0.1, 0.15) is 23.5 Å². The van der Waals surface area contributed by atoms with E-state index < -0.39 is 0 Å². The second-order valence-corrected chi connectivity index (χ2v) is 6.86. The van der Waals surface area contributed by atoms with Gasteiger partial charge in [-0.1, -0.05) is 34.8 Å². The Kier molecular flexibility index (Phi) is 6.18. The number of hydrogen-bond acceptors (Lipinski definition) is 7. The van der Waals surface area contributed by atoms with Crippen LogP contribution in [0.15, 0.2) is 36.7 Å². The Bertz CT molecular complexity index is 997. The maximum Gasteiger partial charge on any atom is 0.159 e. The van der Waals surface area contributed by atoms with Crippen molar-refractivity contribution < 1.29 is 9.47 Å². The van der Waals surface area contributed by atoms with Crippen molar-refractivity contribution in [3.63, 3.8) is 0 Å². The van der Waals surface area contributed by atoms with E-state index in [0.717, 1.165) is 0 Å². The fourth-order valence-corrected chi connectivity index (χ4v) is 3.21. The molecule has 0 aliphatic carbocycles. The molecule has 2 aromatic carbocycles. The number of nitrogens with one attached hydrogen (secondary N) is 2. The van der Waals surface area contributed by atoms with Crippen molar-refractivity contribution in [1.82, 2.24) is 9.97 Å². The number of methoxy groups -OCH3 is 2. The lowest BCUT2D eigenvalue weighted by molar-refractivity contribution is 0.396. The third kappa shape index (κ3) is 4.44. The minimum absolute atomic E-state index is 0.285. The summed E-state index contributed by atoms with van der Waals surface area (Å²) in [5.41, 5.74) is 7.71. The van der Waals surface area contributed by atoms with Crippen LogP contribution in [0.4, 0.5) is 28.7 Å². The molecule has 4 N–H and O–H groups in total. The highest BCUT2D eigenvalue weighted by atomic mass is 35.5. The number of nitrogen functional groups attached to an aromatic ring is 1. The number of hydrogen-bond donors (Lipinski definition) is 3. The summed E-state index contributed by atoms with van der Waals surface area (Å²) in [7, 11) is 3.06. The van der Waals surface area contributed by atoms with Crippen molar-refractivity contribution in [1.29, 1.82) is 0 Å². The van der Waals surface area contributed by atoms with Gasteiger partial charge in [0.05, 0.1) is 24.9 Å². The molecule has 0 saturated heterocycles. The zero-order chi connectivity index (χ0) is 20.3. The molecule has 146 valence electrons. The molecule has 1 heterocycles. The quantitative estimate of drug-likeness (QED) is 0.464. The molecule has 0 radical (unpaired) electrons. The van der Waals surface area contributed by atoms with E-state index in [1.54, 1.807) is 30.3 Å². The second kappa shape index (κ2) is 8.60. The Morgan fingerprint density at radius 2 is 1.43 bits per heavy atom. The van der Waals surface area contributed by atoms with Crippen LogP contribution in [0.1, 0.15) is 0 Å². The molecule has 0 unspecified atom stereocenters. The van der Waals surface area contributed by atoms with Crippen LogP contribution in [-0.2, 0) is 0 Å². The van der Waals surface area contributed by atoms with Crippen molar-refractivity contribution >= 4 is 63.5 Å². The van der Waals surface area contributed by atoms with E-state index in [4.69, 9.17) is 50.0 Å². The summed E-state index contributed by atoms with van der Waals surface area (Å²) in [5.74, 6) is 1.75. The number of nitrogens with two attached hydrogens (primary N) is 1. The summed E-state index contributed by atoms with van der Waals surface area (Å²) < 4.78 is 10.6. The summed E-state index contributed by atoms with van der Waals surface area (Å²) in [6.07, 6.45) is 1.37. The second-order valence-electron chi connectivity index (χ2n) is 5.58. The molecular formula is C18H16Cl3N5O2. The highest BCUT2D eigenvalue weighted by Gasteiger charge is 2.14. The van der Waals surface area contributed by atoms with Gasteiger partial charge in [-0.05, 0) is 24.3 Å². The van der Waals surface area contributed by atoms with E-state index in [1.165, 1.54) is 20.5 Å². The first-order chi connectivity index (χ1) is 13.4. The Morgan fingerprint density at radius 1 is 0.821 bits per heavy atom. The fraction of sp³-hybridized carbons (Fsp3) is 0.111. The van der Waals surface area contributed by atoms with E-state index in [2.05, 4.69) is 20.6 Å². The van der Waals surface area contributed by atoms with Crippen LogP contribution in [0.25, 0.3) is 0 Å². The summed E-state index contributed by atoms with van der Waals surface area (Å²) >= 11 is 18.3. The highest BCUT2D eigenvalue weighted by molar-refractivity contribution is 6.35. The van der Waals surface area contributed by atoms with E-state index in [9.17, 15) is 0 Å². The van der Waals surface area contributed by atoms with Crippen LogP contribution >= 0.6 is 34.8 Å². The normalized spacial score (nSPS) is 10.5. The predicted octanol–water partition coefficient (Wildman–Crippen LogP) is 5.52. The molecular weight excluding hydrogens is 425 g/mol. The van der Waals surface area contributed by atoms with Crippen LogP contribution in [0, 0.1) is 0 Å². The number of aromatic nitrogens is 2. The Labute approximate surface area is 176 Å². The summed E-state index contributed by atoms with van der Waals surface area (Å²) in [6.45, 7) is 0. The molecule has 1 aromatic heterocycles. The molecule has 3 aromatic rings. The lowest BCUT2D eigenvalue weighted by Crippen LogP contribution is -2.06. The van der Waals surface area contributed by atoms with E-state index in [-0.39, 0.29) is 5.69 Å². The van der Waals surface area contributed by atoms with E-state index in [0.29, 0.717) is 49.6 Å². The van der Waals surface area contributed by atoms with Gasteiger partial charge in [-0.25, -0.2) is 9.97 Å². The molecule has 0 spiro atoms. The van der Waals surface area contributed by atoms with Gasteiger partial charge in [0.2, 0.25) is 0 Å². The third-order valence-corrected chi connectivity index (χ3v) is 4.47. The first kappa shape index (κ1) is 20.1. The molecule has 7 nitrogen and oxygen atoms in total. The number of ether oxygens (including phenoxy) is 2. The molecule has 0 bridgehead atoms.